The highest BCUT2D eigenvalue weighted by molar-refractivity contribution is 6.58. The van der Waals surface area contributed by atoms with E-state index in [0.717, 1.165) is 36.4 Å². The predicted molar refractivity (Wildman–Crippen MR) is 165 cm³/mol. The molecule has 26 heteroatoms. The van der Waals surface area contributed by atoms with Crippen molar-refractivity contribution in [1.29, 1.82) is 0 Å². The summed E-state index contributed by atoms with van der Waals surface area (Å²) in [6.07, 6.45) is -18.9. The van der Waals surface area contributed by atoms with Crippen molar-refractivity contribution in [3.63, 3.8) is 0 Å². The molecule has 4 aromatic heterocycles. The van der Waals surface area contributed by atoms with Gasteiger partial charge in [0.25, 0.3) is 11.6 Å². The number of hydrogen-bond donors (Lipinski definition) is 2. The van der Waals surface area contributed by atoms with Crippen LogP contribution in [-0.2, 0) is 12.4 Å². The molecule has 0 fully saturated rings. The molecule has 0 saturated carbocycles. The van der Waals surface area contributed by atoms with Crippen LogP contribution in [0.1, 0.15) is 19.1 Å². The van der Waals surface area contributed by atoms with E-state index in [1.807, 2.05) is 0 Å². The molecule has 0 unspecified atom stereocenters. The van der Waals surface area contributed by atoms with Gasteiger partial charge in [0.05, 0.1) is 5.69 Å². The van der Waals surface area contributed by atoms with Gasteiger partial charge in [-0.3, -0.25) is 0 Å². The molecule has 54 heavy (non-hydrogen) atoms. The van der Waals surface area contributed by atoms with E-state index in [2.05, 4.69) is 40.1 Å². The van der Waals surface area contributed by atoms with E-state index in [4.69, 9.17) is 21.6 Å². The quantitative estimate of drug-likeness (QED) is 0.110. The van der Waals surface area contributed by atoms with Gasteiger partial charge in [-0.05, 0) is 66.1 Å². The summed E-state index contributed by atoms with van der Waals surface area (Å²) < 4.78 is 155. The zero-order valence-corrected chi connectivity index (χ0v) is 26.5. The number of alkyl halides is 12. The Labute approximate surface area is 299 Å². The third-order valence-corrected chi connectivity index (χ3v) is 6.00. The smallest absolute Gasteiger partial charge is 0.423 e. The van der Waals surface area contributed by atoms with Crippen LogP contribution in [0.2, 0.25) is 5.15 Å². The van der Waals surface area contributed by atoms with E-state index in [0.29, 0.717) is 14.6 Å². The zero-order valence-electron chi connectivity index (χ0n) is 25.7. The van der Waals surface area contributed by atoms with Crippen molar-refractivity contribution in [3.8, 4) is 22.8 Å². The second kappa shape index (κ2) is 17.1. The van der Waals surface area contributed by atoms with Crippen molar-refractivity contribution < 1.29 is 72.2 Å². The summed E-state index contributed by atoms with van der Waals surface area (Å²) >= 11 is 5.44. The van der Waals surface area contributed by atoms with Crippen LogP contribution in [0, 0.1) is 7.43 Å². The van der Waals surface area contributed by atoms with E-state index < -0.39 is 55.3 Å². The van der Waals surface area contributed by atoms with Gasteiger partial charge in [-0.1, -0.05) is 31.2 Å². The van der Waals surface area contributed by atoms with E-state index in [1.54, 1.807) is 0 Å². The van der Waals surface area contributed by atoms with Crippen LogP contribution in [0.5, 0.6) is 11.5 Å². The molecule has 6 rings (SSSR count). The van der Waals surface area contributed by atoms with Gasteiger partial charge in [0.2, 0.25) is 0 Å². The standard InChI is InChI=1S/C13H6F6N4O.C7H6BF3O3.C6H2ClF3N4.CH4.CH3/c14-12(15,16)11-21-20-10-6-5-9(22-23(10)11)7-1-3-8(4-2-7)24-13(17,18)19;9-7(10,11)14-6-3-1-5(2-4-6)8(12)13;7-3-1-2-4-11-12-5(6(8,9)10)14(4)13-3;;/h1-6H;1-4,12-13H;1-2H;1H4;1H3/q;;;;-1. The molecule has 0 amide bonds. The summed E-state index contributed by atoms with van der Waals surface area (Å²) in [5.41, 5.74) is 0.393. The number of fused-ring (bicyclic) bond motifs is 2. The SMILES string of the molecule is C.FC(F)(F)Oc1ccc(-c2ccc3nnc(C(F)(F)F)n3n2)cc1.FC(F)(F)c1nnc2ccc(Cl)nn12.OB(O)c1ccc(OC(F)(F)F)cc1.[CH3-]. The Hall–Kier alpha value is -5.43. The fourth-order valence-electron chi connectivity index (χ4n) is 3.73. The van der Waals surface area contributed by atoms with E-state index in [1.165, 1.54) is 36.4 Å². The normalized spacial score (nSPS) is 11.7. The van der Waals surface area contributed by atoms with Crippen molar-refractivity contribution in [2.45, 2.75) is 32.5 Å². The Balaban J connectivity index is 0.000000292. The first-order valence-electron chi connectivity index (χ1n) is 13.3. The van der Waals surface area contributed by atoms with Crippen LogP contribution < -0.4 is 14.9 Å². The van der Waals surface area contributed by atoms with Crippen molar-refractivity contribution in [2.75, 3.05) is 0 Å². The molecule has 292 valence electrons. The number of hydrogen-bond acceptors (Lipinski definition) is 10. The maximum absolute atomic E-state index is 12.8. The predicted octanol–water partition coefficient (Wildman–Crippen LogP) is 6.86. The van der Waals surface area contributed by atoms with Gasteiger partial charge in [-0.2, -0.15) is 45.6 Å². The third-order valence-electron chi connectivity index (χ3n) is 5.80. The first kappa shape index (κ1) is 44.7. The summed E-state index contributed by atoms with van der Waals surface area (Å²) in [4.78, 5) is 0. The lowest BCUT2D eigenvalue weighted by Gasteiger charge is -2.09. The number of rotatable bonds is 4. The third kappa shape index (κ3) is 12.3. The Bertz CT molecular complexity index is 2110. The zero-order chi connectivity index (χ0) is 38.6. The van der Waals surface area contributed by atoms with Crippen LogP contribution in [0.15, 0.2) is 72.8 Å². The minimum atomic E-state index is -4.83. The molecule has 0 bridgehead atoms. The Morgan fingerprint density at radius 2 is 0.963 bits per heavy atom. The molecule has 2 N–H and O–H groups in total. The molecular weight excluding hydrogens is 787 g/mol. The topological polar surface area (TPSA) is 145 Å². The van der Waals surface area contributed by atoms with Crippen LogP contribution in [0.4, 0.5) is 52.7 Å². The van der Waals surface area contributed by atoms with Gasteiger partial charge < -0.3 is 26.9 Å². The molecule has 6 aromatic rings. The number of halogens is 13. The molecular formula is C28H21BClF12N8O4-. The fraction of sp³-hybridized carbons (Fsp3) is 0.179. The summed E-state index contributed by atoms with van der Waals surface area (Å²) in [6.45, 7) is 0. The van der Waals surface area contributed by atoms with Crippen LogP contribution >= 0.6 is 11.6 Å². The molecule has 0 radical (unpaired) electrons. The van der Waals surface area contributed by atoms with Crippen molar-refractivity contribution >= 4 is 35.5 Å². The summed E-state index contributed by atoms with van der Waals surface area (Å²) in [5.74, 6) is -3.33. The highest BCUT2D eigenvalue weighted by Crippen LogP contribution is 2.30. The maximum Gasteiger partial charge on any atom is 0.573 e. The maximum atomic E-state index is 12.8. The first-order valence-corrected chi connectivity index (χ1v) is 13.7. The molecule has 0 saturated heterocycles. The van der Waals surface area contributed by atoms with Crippen molar-refractivity contribution in [2.24, 2.45) is 0 Å². The van der Waals surface area contributed by atoms with Gasteiger partial charge >= 0.3 is 32.2 Å². The molecule has 12 nitrogen and oxygen atoms in total. The Morgan fingerprint density at radius 3 is 1.37 bits per heavy atom. The van der Waals surface area contributed by atoms with Crippen molar-refractivity contribution in [1.82, 2.24) is 39.6 Å². The second-order valence-corrected chi connectivity index (χ2v) is 9.91. The molecule has 0 aliphatic carbocycles. The highest BCUT2D eigenvalue weighted by atomic mass is 35.5. The molecule has 0 spiro atoms. The average Bonchev–Trinajstić information content (AvgIpc) is 3.65. The molecule has 2 aromatic carbocycles. The average molecular weight is 808 g/mol. The molecule has 0 atom stereocenters. The highest BCUT2D eigenvalue weighted by Gasteiger charge is 2.38. The Morgan fingerprint density at radius 1 is 0.556 bits per heavy atom. The lowest BCUT2D eigenvalue weighted by atomic mass is 9.80. The number of benzene rings is 2. The van der Waals surface area contributed by atoms with Gasteiger partial charge in [0.15, 0.2) is 11.3 Å². The van der Waals surface area contributed by atoms with Crippen LogP contribution in [0.25, 0.3) is 22.6 Å². The number of nitrogens with zero attached hydrogens (tertiary/aromatic N) is 8. The number of ether oxygens (including phenoxy) is 2. The summed E-state index contributed by atoms with van der Waals surface area (Å²) in [5, 5.41) is 37.1. The second-order valence-electron chi connectivity index (χ2n) is 9.52. The summed E-state index contributed by atoms with van der Waals surface area (Å²) in [7, 11) is -1.70. The lowest BCUT2D eigenvalue weighted by molar-refractivity contribution is -0.275. The molecule has 0 aliphatic rings. The number of aromatic nitrogens is 8. The lowest BCUT2D eigenvalue weighted by Crippen LogP contribution is -2.29. The van der Waals surface area contributed by atoms with E-state index in [-0.39, 0.29) is 42.5 Å². The summed E-state index contributed by atoms with van der Waals surface area (Å²) in [6, 6.07) is 14.1. The first-order chi connectivity index (χ1) is 24.0. The largest absolute Gasteiger partial charge is 0.573 e. The van der Waals surface area contributed by atoms with E-state index in [9.17, 15) is 52.7 Å². The monoisotopic (exact) mass is 807 g/mol. The molecule has 0 aliphatic heterocycles. The van der Waals surface area contributed by atoms with Crippen LogP contribution in [-0.4, -0.2) is 69.5 Å². The van der Waals surface area contributed by atoms with Gasteiger partial charge in [0.1, 0.15) is 16.7 Å². The van der Waals surface area contributed by atoms with Crippen LogP contribution in [0.3, 0.4) is 0 Å². The fourth-order valence-corrected chi connectivity index (χ4v) is 3.87. The minimum Gasteiger partial charge on any atom is -0.423 e. The van der Waals surface area contributed by atoms with Gasteiger partial charge in [-0.15, -0.1) is 46.7 Å². The van der Waals surface area contributed by atoms with Gasteiger partial charge in [-0.25, -0.2) is 0 Å². The van der Waals surface area contributed by atoms with E-state index >= 15 is 0 Å². The molecule has 4 heterocycles. The minimum absolute atomic E-state index is 0. The van der Waals surface area contributed by atoms with Gasteiger partial charge in [0, 0.05) is 5.56 Å². The van der Waals surface area contributed by atoms with Crippen molar-refractivity contribution in [3.05, 3.63) is 97.0 Å². The Kier molecular flexibility index (Phi) is 14.2.